The summed E-state index contributed by atoms with van der Waals surface area (Å²) in [5, 5.41) is 7.64. The summed E-state index contributed by atoms with van der Waals surface area (Å²) in [6.45, 7) is 10.6. The van der Waals surface area contributed by atoms with Crippen molar-refractivity contribution in [2.75, 3.05) is 26.2 Å². The van der Waals surface area contributed by atoms with Gasteiger partial charge in [-0.1, -0.05) is 0 Å². The number of nitrogens with zero attached hydrogens (tertiary/aromatic N) is 3. The van der Waals surface area contributed by atoms with E-state index in [2.05, 4.69) is 24.3 Å². The standard InChI is InChI=1S/C15H26N4O2/c1-11-7-17-19(9-11)14(4)13(3)16-8-15(20)18-5-6-21-12(2)10-18/h7,9,12-14,16H,5-6,8,10H2,1-4H3/t12-,13+,14+/m0/s1. The maximum atomic E-state index is 12.2. The molecule has 1 N–H and O–H groups in total. The van der Waals surface area contributed by atoms with Gasteiger partial charge in [-0.15, -0.1) is 0 Å². The number of hydrogen-bond donors (Lipinski definition) is 1. The van der Waals surface area contributed by atoms with E-state index in [0.29, 0.717) is 26.2 Å². The van der Waals surface area contributed by atoms with Crippen molar-refractivity contribution in [3.63, 3.8) is 0 Å². The maximum absolute atomic E-state index is 12.2. The highest BCUT2D eigenvalue weighted by atomic mass is 16.5. The van der Waals surface area contributed by atoms with Crippen LogP contribution in [0.3, 0.4) is 0 Å². The zero-order chi connectivity index (χ0) is 15.4. The van der Waals surface area contributed by atoms with Crippen molar-refractivity contribution >= 4 is 5.91 Å². The molecule has 21 heavy (non-hydrogen) atoms. The minimum absolute atomic E-state index is 0.131. The summed E-state index contributed by atoms with van der Waals surface area (Å²) in [6.07, 6.45) is 4.00. The lowest BCUT2D eigenvalue weighted by molar-refractivity contribution is -0.137. The van der Waals surface area contributed by atoms with Crippen molar-refractivity contribution in [1.82, 2.24) is 20.0 Å². The van der Waals surface area contributed by atoms with Crippen molar-refractivity contribution in [1.29, 1.82) is 0 Å². The molecule has 1 aliphatic rings. The highest BCUT2D eigenvalue weighted by Crippen LogP contribution is 2.11. The van der Waals surface area contributed by atoms with E-state index in [-0.39, 0.29) is 24.1 Å². The van der Waals surface area contributed by atoms with E-state index in [1.165, 1.54) is 0 Å². The number of morpholine rings is 1. The molecule has 2 rings (SSSR count). The van der Waals surface area contributed by atoms with Gasteiger partial charge in [0.15, 0.2) is 0 Å². The van der Waals surface area contributed by atoms with Crippen molar-refractivity contribution in [2.24, 2.45) is 0 Å². The summed E-state index contributed by atoms with van der Waals surface area (Å²) in [7, 11) is 0. The third-order valence-electron chi connectivity index (χ3n) is 4.04. The summed E-state index contributed by atoms with van der Waals surface area (Å²) in [6, 6.07) is 0.377. The average Bonchev–Trinajstić information content (AvgIpc) is 2.90. The molecule has 2 heterocycles. The van der Waals surface area contributed by atoms with Crippen LogP contribution in [0.1, 0.15) is 32.4 Å². The molecule has 118 valence electrons. The topological polar surface area (TPSA) is 59.4 Å². The van der Waals surface area contributed by atoms with Crippen LogP contribution in [0, 0.1) is 6.92 Å². The summed E-state index contributed by atoms with van der Waals surface area (Å²) in [5.74, 6) is 0.140. The molecule has 0 aliphatic carbocycles. The molecule has 0 saturated carbocycles. The number of rotatable bonds is 5. The smallest absolute Gasteiger partial charge is 0.236 e. The minimum atomic E-state index is 0.131. The molecule has 1 aromatic heterocycles. The molecule has 6 nitrogen and oxygen atoms in total. The third-order valence-corrected chi connectivity index (χ3v) is 4.04. The highest BCUT2D eigenvalue weighted by molar-refractivity contribution is 5.78. The summed E-state index contributed by atoms with van der Waals surface area (Å²) in [5.41, 5.74) is 1.15. The first-order valence-corrected chi connectivity index (χ1v) is 7.61. The van der Waals surface area contributed by atoms with Crippen molar-refractivity contribution in [3.05, 3.63) is 18.0 Å². The first kappa shape index (κ1) is 16.0. The molecule has 0 bridgehead atoms. The lowest BCUT2D eigenvalue weighted by Gasteiger charge is -2.32. The summed E-state index contributed by atoms with van der Waals surface area (Å²) >= 11 is 0. The molecule has 1 fully saturated rings. The number of aromatic nitrogens is 2. The van der Waals surface area contributed by atoms with E-state index in [4.69, 9.17) is 4.74 Å². The van der Waals surface area contributed by atoms with Crippen molar-refractivity contribution < 1.29 is 9.53 Å². The van der Waals surface area contributed by atoms with E-state index in [0.717, 1.165) is 5.56 Å². The molecular formula is C15H26N4O2. The van der Waals surface area contributed by atoms with Gasteiger partial charge >= 0.3 is 0 Å². The number of carbonyl (C=O) groups excluding carboxylic acids is 1. The van der Waals surface area contributed by atoms with E-state index < -0.39 is 0 Å². The number of aryl methyl sites for hydroxylation is 1. The second-order valence-electron chi connectivity index (χ2n) is 5.93. The van der Waals surface area contributed by atoms with E-state index in [9.17, 15) is 4.79 Å². The van der Waals surface area contributed by atoms with Crippen molar-refractivity contribution in [3.8, 4) is 0 Å². The quantitative estimate of drug-likeness (QED) is 0.879. The predicted octanol–water partition coefficient (Wildman–Crippen LogP) is 0.978. The fraction of sp³-hybridized carbons (Fsp3) is 0.733. The van der Waals surface area contributed by atoms with E-state index >= 15 is 0 Å². The van der Waals surface area contributed by atoms with Crippen LogP contribution in [0.15, 0.2) is 12.4 Å². The van der Waals surface area contributed by atoms with Gasteiger partial charge < -0.3 is 15.0 Å². The highest BCUT2D eigenvalue weighted by Gasteiger charge is 2.22. The van der Waals surface area contributed by atoms with Gasteiger partial charge in [0.2, 0.25) is 5.91 Å². The normalized spacial score (nSPS) is 22.1. The van der Waals surface area contributed by atoms with Gasteiger partial charge in [0.1, 0.15) is 0 Å². The van der Waals surface area contributed by atoms with Gasteiger partial charge in [-0.25, -0.2) is 0 Å². The Labute approximate surface area is 126 Å². The van der Waals surface area contributed by atoms with Crippen LogP contribution in [-0.4, -0.2) is 59.0 Å². The monoisotopic (exact) mass is 294 g/mol. The molecule has 6 heteroatoms. The van der Waals surface area contributed by atoms with Gasteiger partial charge in [0.25, 0.3) is 0 Å². The van der Waals surface area contributed by atoms with Crippen LogP contribution in [0.4, 0.5) is 0 Å². The Balaban J connectivity index is 1.80. The molecule has 0 aromatic carbocycles. The number of amides is 1. The Morgan fingerprint density at radius 3 is 2.95 bits per heavy atom. The van der Waals surface area contributed by atoms with Gasteiger partial charge in [-0.3, -0.25) is 9.48 Å². The van der Waals surface area contributed by atoms with E-state index in [1.54, 1.807) is 0 Å². The lowest BCUT2D eigenvalue weighted by Crippen LogP contribution is -2.49. The second-order valence-corrected chi connectivity index (χ2v) is 5.93. The van der Waals surface area contributed by atoms with Crippen LogP contribution in [0.5, 0.6) is 0 Å². The van der Waals surface area contributed by atoms with Crippen LogP contribution in [0.25, 0.3) is 0 Å². The first-order valence-electron chi connectivity index (χ1n) is 7.61. The van der Waals surface area contributed by atoms with Gasteiger partial charge in [-0.2, -0.15) is 5.10 Å². The molecule has 3 atom stereocenters. The lowest BCUT2D eigenvalue weighted by atomic mass is 10.1. The number of ether oxygens (including phenoxy) is 1. The fourth-order valence-corrected chi connectivity index (χ4v) is 2.46. The molecule has 0 unspecified atom stereocenters. The largest absolute Gasteiger partial charge is 0.375 e. The van der Waals surface area contributed by atoms with Crippen LogP contribution < -0.4 is 5.32 Å². The first-order chi connectivity index (χ1) is 9.97. The van der Waals surface area contributed by atoms with Crippen LogP contribution in [0.2, 0.25) is 0 Å². The molecule has 0 radical (unpaired) electrons. The second kappa shape index (κ2) is 7.04. The zero-order valence-corrected chi connectivity index (χ0v) is 13.4. The average molecular weight is 294 g/mol. The van der Waals surface area contributed by atoms with Gasteiger partial charge in [0, 0.05) is 25.3 Å². The number of carbonyl (C=O) groups is 1. The Bertz CT molecular complexity index is 474. The summed E-state index contributed by atoms with van der Waals surface area (Å²) in [4.78, 5) is 14.1. The number of nitrogens with one attached hydrogen (secondary N) is 1. The Kier molecular flexibility index (Phi) is 5.36. The van der Waals surface area contributed by atoms with Gasteiger partial charge in [0.05, 0.1) is 31.5 Å². The van der Waals surface area contributed by atoms with E-state index in [1.807, 2.05) is 35.8 Å². The zero-order valence-electron chi connectivity index (χ0n) is 13.4. The van der Waals surface area contributed by atoms with Gasteiger partial charge in [-0.05, 0) is 33.3 Å². The molecular weight excluding hydrogens is 268 g/mol. The molecule has 1 aromatic rings. The Hall–Kier alpha value is -1.40. The van der Waals surface area contributed by atoms with Crippen molar-refractivity contribution in [2.45, 2.75) is 45.9 Å². The van der Waals surface area contributed by atoms with Crippen LogP contribution in [-0.2, 0) is 9.53 Å². The fourth-order valence-electron chi connectivity index (χ4n) is 2.46. The molecule has 0 spiro atoms. The Morgan fingerprint density at radius 1 is 1.57 bits per heavy atom. The third kappa shape index (κ3) is 4.28. The van der Waals surface area contributed by atoms with Crippen LogP contribution >= 0.6 is 0 Å². The maximum Gasteiger partial charge on any atom is 0.236 e. The molecule has 1 aliphatic heterocycles. The molecule has 1 saturated heterocycles. The SMILES string of the molecule is Cc1cnn([C@H](C)[C@@H](C)NCC(=O)N2CCO[C@@H](C)C2)c1. The predicted molar refractivity (Wildman–Crippen MR) is 81.1 cm³/mol. The summed E-state index contributed by atoms with van der Waals surface area (Å²) < 4.78 is 7.40. The Morgan fingerprint density at radius 2 is 2.33 bits per heavy atom. The number of hydrogen-bond acceptors (Lipinski definition) is 4. The molecule has 1 amide bonds. The minimum Gasteiger partial charge on any atom is -0.375 e.